The van der Waals surface area contributed by atoms with Crippen LogP contribution < -0.4 is 0 Å². The lowest BCUT2D eigenvalue weighted by atomic mass is 10.1. The van der Waals surface area contributed by atoms with E-state index in [2.05, 4.69) is 65.3 Å². The SMILES string of the molecule is CC(c1ccc(-c2nc3c(cnn3C)[nH]2)cc1)N(C)C. The second-order valence-electron chi connectivity index (χ2n) is 5.35. The van der Waals surface area contributed by atoms with Gasteiger partial charge in [0.25, 0.3) is 0 Å². The van der Waals surface area contributed by atoms with Gasteiger partial charge in [0.1, 0.15) is 11.3 Å². The van der Waals surface area contributed by atoms with Crippen LogP contribution in [0, 0.1) is 0 Å². The van der Waals surface area contributed by atoms with Crippen molar-refractivity contribution in [2.24, 2.45) is 7.05 Å². The Balaban J connectivity index is 1.94. The smallest absolute Gasteiger partial charge is 0.176 e. The number of aryl methyl sites for hydroxylation is 1. The Kier molecular flexibility index (Phi) is 3.06. The molecule has 0 aliphatic rings. The van der Waals surface area contributed by atoms with Crippen LogP contribution in [0.2, 0.25) is 0 Å². The number of hydrogen-bond donors (Lipinski definition) is 1. The van der Waals surface area contributed by atoms with Gasteiger partial charge in [-0.05, 0) is 26.6 Å². The highest BCUT2D eigenvalue weighted by Gasteiger charge is 2.10. The van der Waals surface area contributed by atoms with Gasteiger partial charge in [0.2, 0.25) is 0 Å². The average molecular weight is 269 g/mol. The van der Waals surface area contributed by atoms with Crippen molar-refractivity contribution < 1.29 is 0 Å². The molecule has 3 aromatic rings. The molecule has 2 heterocycles. The van der Waals surface area contributed by atoms with Crippen LogP contribution in [0.15, 0.2) is 30.5 Å². The first-order chi connectivity index (χ1) is 9.56. The summed E-state index contributed by atoms with van der Waals surface area (Å²) in [5.74, 6) is 0.886. The molecule has 0 aliphatic carbocycles. The van der Waals surface area contributed by atoms with Gasteiger partial charge in [-0.1, -0.05) is 24.3 Å². The van der Waals surface area contributed by atoms with Crippen molar-refractivity contribution in [3.63, 3.8) is 0 Å². The molecule has 1 N–H and O–H groups in total. The van der Waals surface area contributed by atoms with E-state index in [1.165, 1.54) is 5.56 Å². The molecule has 0 saturated heterocycles. The molecular formula is C15H19N5. The van der Waals surface area contributed by atoms with E-state index < -0.39 is 0 Å². The highest BCUT2D eigenvalue weighted by Crippen LogP contribution is 2.23. The Labute approximate surface area is 118 Å². The molecule has 1 unspecified atom stereocenters. The van der Waals surface area contributed by atoms with Crippen molar-refractivity contribution in [2.45, 2.75) is 13.0 Å². The van der Waals surface area contributed by atoms with Gasteiger partial charge in [-0.3, -0.25) is 0 Å². The molecule has 1 aromatic carbocycles. The molecular weight excluding hydrogens is 250 g/mol. The Morgan fingerprint density at radius 2 is 1.90 bits per heavy atom. The number of fused-ring (bicyclic) bond motifs is 1. The third kappa shape index (κ3) is 2.10. The highest BCUT2D eigenvalue weighted by molar-refractivity contribution is 5.75. The van der Waals surface area contributed by atoms with E-state index in [0.717, 1.165) is 22.6 Å². The summed E-state index contributed by atoms with van der Waals surface area (Å²) < 4.78 is 1.78. The molecule has 0 fully saturated rings. The topological polar surface area (TPSA) is 49.7 Å². The Bertz CT molecular complexity index is 720. The lowest BCUT2D eigenvalue weighted by molar-refractivity contribution is 0.321. The molecule has 0 bridgehead atoms. The van der Waals surface area contributed by atoms with Crippen molar-refractivity contribution in [1.29, 1.82) is 0 Å². The van der Waals surface area contributed by atoms with E-state index in [4.69, 9.17) is 0 Å². The molecule has 2 aromatic heterocycles. The second-order valence-corrected chi connectivity index (χ2v) is 5.35. The normalized spacial score (nSPS) is 13.2. The van der Waals surface area contributed by atoms with Crippen molar-refractivity contribution in [3.05, 3.63) is 36.0 Å². The summed E-state index contributed by atoms with van der Waals surface area (Å²) in [6.45, 7) is 2.20. The molecule has 5 heteroatoms. The van der Waals surface area contributed by atoms with Gasteiger partial charge in [-0.25, -0.2) is 9.67 Å². The van der Waals surface area contributed by atoms with Gasteiger partial charge in [0, 0.05) is 18.7 Å². The van der Waals surface area contributed by atoms with Crippen LogP contribution in [0.1, 0.15) is 18.5 Å². The summed E-state index contributed by atoms with van der Waals surface area (Å²) in [4.78, 5) is 10.1. The molecule has 0 saturated carbocycles. The van der Waals surface area contributed by atoms with E-state index in [1.807, 2.05) is 7.05 Å². The van der Waals surface area contributed by atoms with Crippen molar-refractivity contribution >= 4 is 11.2 Å². The first kappa shape index (κ1) is 12.9. The van der Waals surface area contributed by atoms with Crippen LogP contribution in [0.25, 0.3) is 22.6 Å². The van der Waals surface area contributed by atoms with Gasteiger partial charge in [-0.15, -0.1) is 0 Å². The summed E-state index contributed by atoms with van der Waals surface area (Å²) in [6.07, 6.45) is 1.80. The third-order valence-electron chi connectivity index (χ3n) is 3.82. The molecule has 0 radical (unpaired) electrons. The molecule has 0 aliphatic heterocycles. The minimum Gasteiger partial charge on any atom is -0.335 e. The lowest BCUT2D eigenvalue weighted by Crippen LogP contribution is -2.16. The Morgan fingerprint density at radius 3 is 2.50 bits per heavy atom. The zero-order valence-corrected chi connectivity index (χ0v) is 12.3. The summed E-state index contributed by atoms with van der Waals surface area (Å²) in [6, 6.07) is 8.95. The Morgan fingerprint density at radius 1 is 1.20 bits per heavy atom. The number of nitrogens with zero attached hydrogens (tertiary/aromatic N) is 4. The maximum absolute atomic E-state index is 4.59. The average Bonchev–Trinajstić information content (AvgIpc) is 3.01. The summed E-state index contributed by atoms with van der Waals surface area (Å²) >= 11 is 0. The largest absolute Gasteiger partial charge is 0.335 e. The number of aromatic nitrogens is 4. The molecule has 20 heavy (non-hydrogen) atoms. The number of nitrogens with one attached hydrogen (secondary N) is 1. The first-order valence-corrected chi connectivity index (χ1v) is 6.70. The van der Waals surface area contributed by atoms with Gasteiger partial charge in [0.15, 0.2) is 5.65 Å². The maximum Gasteiger partial charge on any atom is 0.176 e. The fraction of sp³-hybridized carbons (Fsp3) is 0.333. The van der Waals surface area contributed by atoms with Gasteiger partial charge >= 0.3 is 0 Å². The predicted octanol–water partition coefficient (Wildman–Crippen LogP) is 2.59. The predicted molar refractivity (Wildman–Crippen MR) is 80.4 cm³/mol. The van der Waals surface area contributed by atoms with Crippen LogP contribution in [-0.2, 0) is 7.05 Å². The van der Waals surface area contributed by atoms with Crippen molar-refractivity contribution in [3.8, 4) is 11.4 Å². The van der Waals surface area contributed by atoms with E-state index in [1.54, 1.807) is 10.9 Å². The summed E-state index contributed by atoms with van der Waals surface area (Å²) in [7, 11) is 6.07. The molecule has 0 amide bonds. The molecule has 0 spiro atoms. The van der Waals surface area contributed by atoms with Crippen LogP contribution in [0.5, 0.6) is 0 Å². The van der Waals surface area contributed by atoms with Crippen molar-refractivity contribution in [1.82, 2.24) is 24.6 Å². The van der Waals surface area contributed by atoms with E-state index in [9.17, 15) is 0 Å². The minimum atomic E-state index is 0.406. The van der Waals surface area contributed by atoms with Crippen LogP contribution >= 0.6 is 0 Å². The third-order valence-corrected chi connectivity index (χ3v) is 3.82. The van der Waals surface area contributed by atoms with Crippen LogP contribution in [0.3, 0.4) is 0 Å². The Hall–Kier alpha value is -2.14. The number of imidazole rings is 1. The minimum absolute atomic E-state index is 0.406. The second kappa shape index (κ2) is 4.76. The fourth-order valence-corrected chi connectivity index (χ4v) is 2.27. The fourth-order valence-electron chi connectivity index (χ4n) is 2.27. The number of rotatable bonds is 3. The zero-order valence-electron chi connectivity index (χ0n) is 12.3. The first-order valence-electron chi connectivity index (χ1n) is 6.70. The quantitative estimate of drug-likeness (QED) is 0.795. The number of H-pyrrole nitrogens is 1. The number of benzene rings is 1. The van der Waals surface area contributed by atoms with E-state index >= 15 is 0 Å². The molecule has 5 nitrogen and oxygen atoms in total. The summed E-state index contributed by atoms with van der Waals surface area (Å²) in [5, 5.41) is 4.16. The molecule has 104 valence electrons. The monoisotopic (exact) mass is 269 g/mol. The number of aromatic amines is 1. The van der Waals surface area contributed by atoms with Gasteiger partial charge in [0.05, 0.1) is 6.20 Å². The van der Waals surface area contributed by atoms with E-state index in [0.29, 0.717) is 6.04 Å². The van der Waals surface area contributed by atoms with E-state index in [-0.39, 0.29) is 0 Å². The summed E-state index contributed by atoms with van der Waals surface area (Å²) in [5.41, 5.74) is 4.24. The molecule has 1 atom stereocenters. The maximum atomic E-state index is 4.59. The van der Waals surface area contributed by atoms with Crippen LogP contribution in [0.4, 0.5) is 0 Å². The number of hydrogen-bond acceptors (Lipinski definition) is 3. The zero-order chi connectivity index (χ0) is 14.3. The molecule has 3 rings (SSSR count). The van der Waals surface area contributed by atoms with Crippen molar-refractivity contribution in [2.75, 3.05) is 14.1 Å². The van der Waals surface area contributed by atoms with Gasteiger partial charge in [-0.2, -0.15) is 5.10 Å². The van der Waals surface area contributed by atoms with Crippen LogP contribution in [-0.4, -0.2) is 38.7 Å². The highest BCUT2D eigenvalue weighted by atomic mass is 15.3. The van der Waals surface area contributed by atoms with Gasteiger partial charge < -0.3 is 9.88 Å². The lowest BCUT2D eigenvalue weighted by Gasteiger charge is -2.20. The standard InChI is InChI=1S/C15H19N5/c1-10(19(2)3)11-5-7-12(8-6-11)14-17-13-9-16-20(4)15(13)18-14/h5-10H,1-4H3,(H,17,18).